The second-order valence-electron chi connectivity index (χ2n) is 4.89. The molecule has 0 aliphatic heterocycles. The molecule has 19 heavy (non-hydrogen) atoms. The Labute approximate surface area is 114 Å². The van der Waals surface area contributed by atoms with Crippen LogP contribution in [0, 0.1) is 0 Å². The van der Waals surface area contributed by atoms with E-state index in [4.69, 9.17) is 5.73 Å². The van der Waals surface area contributed by atoms with E-state index in [2.05, 4.69) is 9.97 Å². The van der Waals surface area contributed by atoms with E-state index in [0.29, 0.717) is 17.2 Å². The van der Waals surface area contributed by atoms with E-state index in [1.165, 1.54) is 6.08 Å². The van der Waals surface area contributed by atoms with Crippen LogP contribution in [0.5, 0.6) is 0 Å². The van der Waals surface area contributed by atoms with E-state index >= 15 is 0 Å². The third-order valence-corrected chi connectivity index (χ3v) is 2.79. The molecule has 1 aromatic rings. The van der Waals surface area contributed by atoms with Crippen molar-refractivity contribution < 1.29 is 4.79 Å². The van der Waals surface area contributed by atoms with Crippen molar-refractivity contribution in [1.29, 1.82) is 0 Å². The Bertz CT molecular complexity index is 490. The van der Waals surface area contributed by atoms with E-state index in [0.717, 1.165) is 12.2 Å². The number of aromatic nitrogens is 2. The largest absolute Gasteiger partial charge is 0.402 e. The van der Waals surface area contributed by atoms with Crippen molar-refractivity contribution in [2.75, 3.05) is 18.5 Å². The predicted molar refractivity (Wildman–Crippen MR) is 77.3 cm³/mol. The zero-order valence-corrected chi connectivity index (χ0v) is 12.3. The van der Waals surface area contributed by atoms with Gasteiger partial charge in [0, 0.05) is 31.6 Å². The van der Waals surface area contributed by atoms with E-state index in [1.54, 1.807) is 13.1 Å². The first-order chi connectivity index (χ1) is 8.86. The summed E-state index contributed by atoms with van der Waals surface area (Å²) in [6, 6.07) is 0. The number of allylic oxidation sites excluding steroid dienone is 2. The first-order valence-corrected chi connectivity index (χ1v) is 6.43. The fourth-order valence-corrected chi connectivity index (χ4v) is 1.63. The molecule has 0 saturated heterocycles. The number of hydrogen-bond donors (Lipinski definition) is 1. The van der Waals surface area contributed by atoms with Gasteiger partial charge in [0.1, 0.15) is 0 Å². The average molecular weight is 262 g/mol. The molecular weight excluding hydrogens is 240 g/mol. The molecule has 0 atom stereocenters. The summed E-state index contributed by atoms with van der Waals surface area (Å²) in [5.74, 6) is 0.642. The minimum Gasteiger partial charge on any atom is -0.402 e. The van der Waals surface area contributed by atoms with Gasteiger partial charge in [-0.1, -0.05) is 13.8 Å². The Hall–Kier alpha value is -1.91. The van der Waals surface area contributed by atoms with Crippen molar-refractivity contribution in [2.24, 2.45) is 5.73 Å². The van der Waals surface area contributed by atoms with Crippen LogP contribution >= 0.6 is 0 Å². The Morgan fingerprint density at radius 2 is 2.16 bits per heavy atom. The highest BCUT2D eigenvalue weighted by atomic mass is 16.1. The summed E-state index contributed by atoms with van der Waals surface area (Å²) in [5.41, 5.74) is 7.31. The number of nitrogens with zero attached hydrogens (tertiary/aromatic N) is 3. The number of rotatable bonds is 5. The summed E-state index contributed by atoms with van der Waals surface area (Å²) in [4.78, 5) is 22.8. The molecule has 0 spiro atoms. The molecule has 0 aliphatic carbocycles. The molecule has 0 radical (unpaired) electrons. The summed E-state index contributed by atoms with van der Waals surface area (Å²) >= 11 is 0. The monoisotopic (exact) mass is 262 g/mol. The van der Waals surface area contributed by atoms with Gasteiger partial charge in [-0.2, -0.15) is 0 Å². The maximum Gasteiger partial charge on any atom is 0.225 e. The van der Waals surface area contributed by atoms with Gasteiger partial charge in [-0.15, -0.1) is 0 Å². The molecule has 0 amide bonds. The molecule has 104 valence electrons. The van der Waals surface area contributed by atoms with Gasteiger partial charge in [0.15, 0.2) is 5.78 Å². The third kappa shape index (κ3) is 3.77. The van der Waals surface area contributed by atoms with Crippen LogP contribution in [0.3, 0.4) is 0 Å². The van der Waals surface area contributed by atoms with Crippen LogP contribution in [-0.2, 0) is 0 Å². The van der Waals surface area contributed by atoms with Crippen LogP contribution < -0.4 is 10.6 Å². The Balaban J connectivity index is 3.26. The molecule has 0 saturated carbocycles. The molecule has 0 unspecified atom stereocenters. The van der Waals surface area contributed by atoms with Crippen molar-refractivity contribution in [3.8, 4) is 0 Å². The Morgan fingerprint density at radius 3 is 2.63 bits per heavy atom. The van der Waals surface area contributed by atoms with Gasteiger partial charge in [-0.05, 0) is 19.8 Å². The fourth-order valence-electron chi connectivity index (χ4n) is 1.63. The normalized spacial score (nSPS) is 11.8. The maximum absolute atomic E-state index is 12.1. The molecule has 1 aromatic heterocycles. The smallest absolute Gasteiger partial charge is 0.225 e. The topological polar surface area (TPSA) is 72.1 Å². The van der Waals surface area contributed by atoms with Gasteiger partial charge in [-0.25, -0.2) is 9.97 Å². The molecule has 0 aliphatic rings. The quantitative estimate of drug-likeness (QED) is 0.650. The summed E-state index contributed by atoms with van der Waals surface area (Å²) in [6.07, 6.45) is 3.00. The van der Waals surface area contributed by atoms with E-state index in [-0.39, 0.29) is 11.7 Å². The molecule has 0 fully saturated rings. The summed E-state index contributed by atoms with van der Waals surface area (Å²) in [7, 11) is 1.92. The van der Waals surface area contributed by atoms with Gasteiger partial charge in [-0.3, -0.25) is 4.79 Å². The van der Waals surface area contributed by atoms with Crippen LogP contribution in [-0.4, -0.2) is 29.3 Å². The number of carbonyl (C=O) groups is 1. The Kier molecular flexibility index (Phi) is 5.03. The van der Waals surface area contributed by atoms with Gasteiger partial charge in [0.05, 0.1) is 11.3 Å². The van der Waals surface area contributed by atoms with Crippen molar-refractivity contribution in [3.63, 3.8) is 0 Å². The predicted octanol–water partition coefficient (Wildman–Crippen LogP) is 2.10. The van der Waals surface area contributed by atoms with E-state index in [9.17, 15) is 4.79 Å². The van der Waals surface area contributed by atoms with Crippen LogP contribution in [0.2, 0.25) is 0 Å². The number of hydrogen-bond acceptors (Lipinski definition) is 5. The number of nitrogens with two attached hydrogens (primary N) is 1. The van der Waals surface area contributed by atoms with Crippen LogP contribution in [0.4, 0.5) is 5.95 Å². The molecule has 0 bridgehead atoms. The van der Waals surface area contributed by atoms with Gasteiger partial charge >= 0.3 is 0 Å². The highest BCUT2D eigenvalue weighted by Gasteiger charge is 2.16. The first kappa shape index (κ1) is 15.1. The van der Waals surface area contributed by atoms with Crippen molar-refractivity contribution in [2.45, 2.75) is 33.6 Å². The third-order valence-electron chi connectivity index (χ3n) is 2.79. The number of ketones is 1. The van der Waals surface area contributed by atoms with Crippen molar-refractivity contribution >= 4 is 11.7 Å². The zero-order chi connectivity index (χ0) is 14.6. The lowest BCUT2D eigenvalue weighted by atomic mass is 10.0. The van der Waals surface area contributed by atoms with Gasteiger partial charge < -0.3 is 10.6 Å². The lowest BCUT2D eigenvalue weighted by Crippen LogP contribution is -2.20. The molecule has 1 heterocycles. The average Bonchev–Trinajstić information content (AvgIpc) is 2.36. The summed E-state index contributed by atoms with van der Waals surface area (Å²) < 4.78 is 0. The minimum absolute atomic E-state index is 0.144. The maximum atomic E-state index is 12.1. The van der Waals surface area contributed by atoms with Crippen molar-refractivity contribution in [3.05, 3.63) is 29.2 Å². The second kappa shape index (κ2) is 6.31. The number of carbonyl (C=O) groups excluding carboxylic acids is 1. The fraction of sp³-hybridized carbons (Fsp3) is 0.500. The molecular formula is C14H22N4O. The van der Waals surface area contributed by atoms with Crippen LogP contribution in [0.25, 0.3) is 0 Å². The molecule has 1 rings (SSSR count). The lowest BCUT2D eigenvalue weighted by molar-refractivity contribution is 0.104. The molecule has 0 aromatic carbocycles. The minimum atomic E-state index is -0.144. The lowest BCUT2D eigenvalue weighted by Gasteiger charge is -2.17. The van der Waals surface area contributed by atoms with Crippen molar-refractivity contribution in [1.82, 2.24) is 9.97 Å². The standard InChI is InChI=1S/C14H22N4O/c1-6-18(5)14-16-8-11(12(19)7-10(4)15)13(17-14)9(2)3/h7-9H,6,15H2,1-5H3. The van der Waals surface area contributed by atoms with E-state index < -0.39 is 0 Å². The summed E-state index contributed by atoms with van der Waals surface area (Å²) in [6.45, 7) is 8.54. The highest BCUT2D eigenvalue weighted by Crippen LogP contribution is 2.20. The molecule has 2 N–H and O–H groups in total. The SMILES string of the molecule is CCN(C)c1ncc(C(=O)C=C(C)N)c(C(C)C)n1. The van der Waals surface area contributed by atoms with Gasteiger partial charge in [0.2, 0.25) is 5.95 Å². The van der Waals surface area contributed by atoms with Crippen LogP contribution in [0.1, 0.15) is 49.7 Å². The summed E-state index contributed by atoms with van der Waals surface area (Å²) in [5, 5.41) is 0. The second-order valence-corrected chi connectivity index (χ2v) is 4.89. The molecule has 5 nitrogen and oxygen atoms in total. The highest BCUT2D eigenvalue weighted by molar-refractivity contribution is 6.05. The van der Waals surface area contributed by atoms with Gasteiger partial charge in [0.25, 0.3) is 0 Å². The number of anilines is 1. The first-order valence-electron chi connectivity index (χ1n) is 6.43. The van der Waals surface area contributed by atoms with E-state index in [1.807, 2.05) is 32.7 Å². The zero-order valence-electron chi connectivity index (χ0n) is 12.3. The Morgan fingerprint density at radius 1 is 1.53 bits per heavy atom. The van der Waals surface area contributed by atoms with Crippen LogP contribution in [0.15, 0.2) is 18.0 Å². The molecule has 5 heteroatoms.